The first kappa shape index (κ1) is 12.3. The molecule has 0 fully saturated rings. The number of hydrogen-bond acceptors (Lipinski definition) is 2. The quantitative estimate of drug-likeness (QED) is 0.736. The molecule has 0 amide bonds. The van der Waals surface area contributed by atoms with E-state index in [0.29, 0.717) is 0 Å². The van der Waals surface area contributed by atoms with Crippen LogP contribution in [0.4, 0.5) is 0 Å². The van der Waals surface area contributed by atoms with Crippen LogP contribution in [0.25, 0.3) is 0 Å². The Kier molecular flexibility index (Phi) is 3.97. The molecule has 0 N–H and O–H groups in total. The topological polar surface area (TPSA) is 22.1 Å². The lowest BCUT2D eigenvalue weighted by Crippen LogP contribution is -2.21. The van der Waals surface area contributed by atoms with Crippen LogP contribution in [-0.2, 0) is 5.41 Å². The second kappa shape index (κ2) is 4.84. The lowest BCUT2D eigenvalue weighted by atomic mass is 9.81. The van der Waals surface area contributed by atoms with Gasteiger partial charge in [-0.3, -0.25) is 4.98 Å². The average Bonchev–Trinajstić information content (AvgIpc) is 2.16. The van der Waals surface area contributed by atoms with E-state index in [4.69, 9.17) is 16.3 Å². The molecule has 0 bridgehead atoms. The van der Waals surface area contributed by atoms with Crippen LogP contribution >= 0.6 is 11.6 Å². The fraction of sp³-hybridized carbons (Fsp3) is 0.583. The largest absolute Gasteiger partial charge is 0.495 e. The van der Waals surface area contributed by atoms with Crippen LogP contribution in [0.3, 0.4) is 0 Å². The lowest BCUT2D eigenvalue weighted by molar-refractivity contribution is 0.407. The Labute approximate surface area is 96.6 Å². The van der Waals surface area contributed by atoms with Crippen molar-refractivity contribution in [3.05, 3.63) is 24.0 Å². The average molecular weight is 228 g/mol. The van der Waals surface area contributed by atoms with Gasteiger partial charge in [0.2, 0.25) is 0 Å². The molecule has 0 saturated carbocycles. The van der Waals surface area contributed by atoms with Gasteiger partial charge in [0.15, 0.2) is 0 Å². The molecule has 1 atom stereocenters. The summed E-state index contributed by atoms with van der Waals surface area (Å²) in [5.41, 5.74) is 1.19. The van der Waals surface area contributed by atoms with Gasteiger partial charge in [-0.15, -0.1) is 11.6 Å². The van der Waals surface area contributed by atoms with Crippen molar-refractivity contribution in [1.29, 1.82) is 0 Å². The fourth-order valence-corrected chi connectivity index (χ4v) is 2.11. The number of alkyl halides is 1. The second-order valence-electron chi connectivity index (χ2n) is 4.48. The second-order valence-corrected chi connectivity index (χ2v) is 5.23. The van der Waals surface area contributed by atoms with Gasteiger partial charge in [0.1, 0.15) is 5.75 Å². The maximum Gasteiger partial charge on any atom is 0.137 e. The van der Waals surface area contributed by atoms with E-state index in [1.54, 1.807) is 13.3 Å². The van der Waals surface area contributed by atoms with Crippen molar-refractivity contribution in [2.45, 2.75) is 38.0 Å². The maximum absolute atomic E-state index is 6.03. The molecule has 0 spiro atoms. The van der Waals surface area contributed by atoms with Crippen molar-refractivity contribution in [2.24, 2.45) is 0 Å². The van der Waals surface area contributed by atoms with Crippen molar-refractivity contribution in [3.63, 3.8) is 0 Å². The van der Waals surface area contributed by atoms with Crippen molar-refractivity contribution >= 4 is 11.6 Å². The normalized spacial score (nSPS) is 13.7. The van der Waals surface area contributed by atoms with Gasteiger partial charge in [-0.1, -0.05) is 13.8 Å². The molecule has 1 rings (SSSR count). The summed E-state index contributed by atoms with van der Waals surface area (Å²) in [5, 5.41) is 0.159. The molecule has 0 aromatic carbocycles. The predicted molar refractivity (Wildman–Crippen MR) is 63.7 cm³/mol. The van der Waals surface area contributed by atoms with Crippen LogP contribution < -0.4 is 4.74 Å². The zero-order chi connectivity index (χ0) is 11.5. The number of ether oxygens (including phenoxy) is 1. The Balaban J connectivity index is 2.93. The minimum atomic E-state index is 0.0305. The Morgan fingerprint density at radius 2 is 2.13 bits per heavy atom. The Morgan fingerprint density at radius 3 is 2.67 bits per heavy atom. The third-order valence-corrected chi connectivity index (χ3v) is 2.68. The summed E-state index contributed by atoms with van der Waals surface area (Å²) in [6, 6.07) is 2.02. The molecular weight excluding hydrogens is 210 g/mol. The standard InChI is InChI=1S/C12H18ClNO/c1-9(13)6-12(2,3)10-5-11(15-4)8-14-7-10/h5,7-9H,6H2,1-4H3. The van der Waals surface area contributed by atoms with E-state index < -0.39 is 0 Å². The lowest BCUT2D eigenvalue weighted by Gasteiger charge is -2.26. The minimum absolute atomic E-state index is 0.0305. The summed E-state index contributed by atoms with van der Waals surface area (Å²) < 4.78 is 5.16. The summed E-state index contributed by atoms with van der Waals surface area (Å²) in [6.07, 6.45) is 4.51. The number of methoxy groups -OCH3 is 1. The summed E-state index contributed by atoms with van der Waals surface area (Å²) in [5.74, 6) is 0.794. The molecule has 15 heavy (non-hydrogen) atoms. The van der Waals surface area contributed by atoms with E-state index in [0.717, 1.165) is 17.7 Å². The van der Waals surface area contributed by atoms with Gasteiger partial charge in [0.05, 0.1) is 13.3 Å². The molecule has 0 aliphatic carbocycles. The Bertz CT molecular complexity index is 323. The number of pyridine rings is 1. The SMILES string of the molecule is COc1cncc(C(C)(C)CC(C)Cl)c1. The smallest absolute Gasteiger partial charge is 0.137 e. The molecule has 1 unspecified atom stereocenters. The first-order chi connectivity index (χ1) is 6.95. The highest BCUT2D eigenvalue weighted by molar-refractivity contribution is 6.20. The van der Waals surface area contributed by atoms with Gasteiger partial charge < -0.3 is 4.74 Å². The van der Waals surface area contributed by atoms with Crippen LogP contribution in [0.1, 0.15) is 32.8 Å². The number of halogens is 1. The maximum atomic E-state index is 6.03. The van der Waals surface area contributed by atoms with Gasteiger partial charge in [0, 0.05) is 11.6 Å². The molecule has 0 aliphatic rings. The van der Waals surface area contributed by atoms with Gasteiger partial charge in [-0.05, 0) is 30.4 Å². The summed E-state index contributed by atoms with van der Waals surface area (Å²) in [7, 11) is 1.65. The third-order valence-electron chi connectivity index (χ3n) is 2.52. The number of rotatable bonds is 4. The number of aromatic nitrogens is 1. The van der Waals surface area contributed by atoms with Crippen LogP contribution in [0, 0.1) is 0 Å². The van der Waals surface area contributed by atoms with Crippen molar-refractivity contribution in [1.82, 2.24) is 4.98 Å². The Hall–Kier alpha value is -0.760. The van der Waals surface area contributed by atoms with E-state index >= 15 is 0 Å². The first-order valence-electron chi connectivity index (χ1n) is 5.09. The first-order valence-corrected chi connectivity index (χ1v) is 5.53. The number of nitrogens with zero attached hydrogens (tertiary/aromatic N) is 1. The fourth-order valence-electron chi connectivity index (χ4n) is 1.72. The molecule has 84 valence electrons. The van der Waals surface area contributed by atoms with Crippen LogP contribution in [0.2, 0.25) is 0 Å². The molecule has 3 heteroatoms. The van der Waals surface area contributed by atoms with Crippen LogP contribution in [-0.4, -0.2) is 17.5 Å². The minimum Gasteiger partial charge on any atom is -0.495 e. The highest BCUT2D eigenvalue weighted by Gasteiger charge is 2.23. The van der Waals surface area contributed by atoms with Crippen molar-refractivity contribution in [3.8, 4) is 5.75 Å². The van der Waals surface area contributed by atoms with E-state index in [-0.39, 0.29) is 10.8 Å². The Morgan fingerprint density at radius 1 is 1.47 bits per heavy atom. The molecule has 0 saturated heterocycles. The van der Waals surface area contributed by atoms with Gasteiger partial charge in [-0.2, -0.15) is 0 Å². The molecule has 1 aromatic heterocycles. The molecular formula is C12H18ClNO. The highest BCUT2D eigenvalue weighted by Crippen LogP contribution is 2.31. The molecule has 0 radical (unpaired) electrons. The molecule has 2 nitrogen and oxygen atoms in total. The van der Waals surface area contributed by atoms with Gasteiger partial charge in [-0.25, -0.2) is 0 Å². The van der Waals surface area contributed by atoms with E-state index in [2.05, 4.69) is 18.8 Å². The molecule has 1 aromatic rings. The zero-order valence-electron chi connectivity index (χ0n) is 9.75. The van der Waals surface area contributed by atoms with Crippen molar-refractivity contribution < 1.29 is 4.74 Å². The van der Waals surface area contributed by atoms with Crippen molar-refractivity contribution in [2.75, 3.05) is 7.11 Å². The van der Waals surface area contributed by atoms with E-state index in [1.807, 2.05) is 19.2 Å². The van der Waals surface area contributed by atoms with Crippen LogP contribution in [0.5, 0.6) is 5.75 Å². The summed E-state index contributed by atoms with van der Waals surface area (Å²) >= 11 is 6.03. The number of hydrogen-bond donors (Lipinski definition) is 0. The van der Waals surface area contributed by atoms with Crippen LogP contribution in [0.15, 0.2) is 18.5 Å². The van der Waals surface area contributed by atoms with Gasteiger partial charge in [0.25, 0.3) is 0 Å². The monoisotopic (exact) mass is 227 g/mol. The third kappa shape index (κ3) is 3.38. The zero-order valence-corrected chi connectivity index (χ0v) is 10.5. The van der Waals surface area contributed by atoms with Gasteiger partial charge >= 0.3 is 0 Å². The highest BCUT2D eigenvalue weighted by atomic mass is 35.5. The predicted octanol–water partition coefficient (Wildman–Crippen LogP) is 3.39. The molecule has 1 heterocycles. The summed E-state index contributed by atoms with van der Waals surface area (Å²) in [6.45, 7) is 6.35. The molecule has 0 aliphatic heterocycles. The summed E-state index contributed by atoms with van der Waals surface area (Å²) in [4.78, 5) is 4.16. The van der Waals surface area contributed by atoms with E-state index in [9.17, 15) is 0 Å². The van der Waals surface area contributed by atoms with E-state index in [1.165, 1.54) is 0 Å².